The summed E-state index contributed by atoms with van der Waals surface area (Å²) in [4.78, 5) is 11.9. The number of aliphatic hydroxyl groups excluding tert-OH is 1. The number of rotatable bonds is 7. The minimum atomic E-state index is 0.116. The standard InChI is InChI=1S/C14H25NO3/c1-2-18-7-3-4-13(17)15-14-11-6-5-10(8-11)12(14)9-16/h10-12,14,16H,2-9H2,1H3,(H,15,17). The summed E-state index contributed by atoms with van der Waals surface area (Å²) in [7, 11) is 0. The van der Waals surface area contributed by atoms with Crippen molar-refractivity contribution in [2.75, 3.05) is 19.8 Å². The number of fused-ring (bicyclic) bond motifs is 2. The van der Waals surface area contributed by atoms with Crippen LogP contribution in [0, 0.1) is 17.8 Å². The number of hydrogen-bond donors (Lipinski definition) is 2. The molecule has 2 fully saturated rings. The molecule has 4 heteroatoms. The molecule has 0 heterocycles. The topological polar surface area (TPSA) is 58.6 Å². The van der Waals surface area contributed by atoms with E-state index in [9.17, 15) is 9.90 Å². The minimum Gasteiger partial charge on any atom is -0.396 e. The van der Waals surface area contributed by atoms with Gasteiger partial charge in [0.2, 0.25) is 5.91 Å². The van der Waals surface area contributed by atoms with Gasteiger partial charge in [-0.1, -0.05) is 0 Å². The Kier molecular flexibility index (Phi) is 5.01. The van der Waals surface area contributed by atoms with Crippen LogP contribution in [0.25, 0.3) is 0 Å². The summed E-state index contributed by atoms with van der Waals surface area (Å²) in [5.74, 6) is 1.64. The largest absolute Gasteiger partial charge is 0.396 e. The summed E-state index contributed by atoms with van der Waals surface area (Å²) in [5.41, 5.74) is 0. The summed E-state index contributed by atoms with van der Waals surface area (Å²) >= 11 is 0. The maximum absolute atomic E-state index is 11.9. The molecule has 2 N–H and O–H groups in total. The Morgan fingerprint density at radius 1 is 1.39 bits per heavy atom. The van der Waals surface area contributed by atoms with Crippen molar-refractivity contribution in [1.82, 2.24) is 5.32 Å². The zero-order chi connectivity index (χ0) is 13.0. The molecule has 0 radical (unpaired) electrons. The second-order valence-corrected chi connectivity index (χ2v) is 5.57. The maximum atomic E-state index is 11.9. The molecule has 0 aromatic carbocycles. The number of hydrogen-bond acceptors (Lipinski definition) is 3. The van der Waals surface area contributed by atoms with Gasteiger partial charge in [0.25, 0.3) is 0 Å². The molecule has 2 bridgehead atoms. The first-order chi connectivity index (χ1) is 8.76. The highest BCUT2D eigenvalue weighted by molar-refractivity contribution is 5.76. The summed E-state index contributed by atoms with van der Waals surface area (Å²) in [5, 5.41) is 12.6. The molecule has 4 nitrogen and oxygen atoms in total. The summed E-state index contributed by atoms with van der Waals surface area (Å²) in [6.45, 7) is 3.54. The van der Waals surface area contributed by atoms with Crippen molar-refractivity contribution in [2.45, 2.75) is 45.1 Å². The predicted molar refractivity (Wildman–Crippen MR) is 69.1 cm³/mol. The molecule has 2 aliphatic carbocycles. The van der Waals surface area contributed by atoms with Crippen LogP contribution >= 0.6 is 0 Å². The SMILES string of the molecule is CCOCCCC(=O)NC1C2CCC(C2)C1CO. The molecule has 0 spiro atoms. The van der Waals surface area contributed by atoms with Crippen molar-refractivity contribution in [2.24, 2.45) is 17.8 Å². The van der Waals surface area contributed by atoms with Gasteiger partial charge < -0.3 is 15.2 Å². The molecule has 0 aromatic rings. The van der Waals surface area contributed by atoms with Crippen molar-refractivity contribution >= 4 is 5.91 Å². The Balaban J connectivity index is 1.73. The quantitative estimate of drug-likeness (QED) is 0.675. The van der Waals surface area contributed by atoms with E-state index in [-0.39, 0.29) is 18.6 Å². The van der Waals surface area contributed by atoms with Gasteiger partial charge in [0.1, 0.15) is 0 Å². The summed E-state index contributed by atoms with van der Waals surface area (Å²) in [6, 6.07) is 0.216. The molecule has 0 saturated heterocycles. The van der Waals surface area contributed by atoms with Gasteiger partial charge in [0.15, 0.2) is 0 Å². The van der Waals surface area contributed by atoms with E-state index in [4.69, 9.17) is 4.74 Å². The summed E-state index contributed by atoms with van der Waals surface area (Å²) < 4.78 is 5.23. The van der Waals surface area contributed by atoms with Crippen LogP contribution in [0.5, 0.6) is 0 Å². The molecular formula is C14H25NO3. The van der Waals surface area contributed by atoms with Gasteiger partial charge in [-0.2, -0.15) is 0 Å². The molecule has 0 aromatic heterocycles. The van der Waals surface area contributed by atoms with Crippen molar-refractivity contribution in [3.8, 4) is 0 Å². The lowest BCUT2D eigenvalue weighted by molar-refractivity contribution is -0.123. The lowest BCUT2D eigenvalue weighted by Crippen LogP contribution is -2.45. The second-order valence-electron chi connectivity index (χ2n) is 5.57. The van der Waals surface area contributed by atoms with Gasteiger partial charge in [-0.15, -0.1) is 0 Å². The fraction of sp³-hybridized carbons (Fsp3) is 0.929. The number of carbonyl (C=O) groups is 1. The zero-order valence-electron chi connectivity index (χ0n) is 11.2. The number of aliphatic hydroxyl groups is 1. The normalized spacial score (nSPS) is 33.9. The van der Waals surface area contributed by atoms with Crippen LogP contribution in [0.15, 0.2) is 0 Å². The second kappa shape index (κ2) is 6.53. The van der Waals surface area contributed by atoms with Crippen molar-refractivity contribution in [3.63, 3.8) is 0 Å². The van der Waals surface area contributed by atoms with Crippen LogP contribution in [-0.4, -0.2) is 36.9 Å². The lowest BCUT2D eigenvalue weighted by atomic mass is 9.85. The highest BCUT2D eigenvalue weighted by atomic mass is 16.5. The van der Waals surface area contributed by atoms with E-state index < -0.39 is 0 Å². The van der Waals surface area contributed by atoms with Gasteiger partial charge >= 0.3 is 0 Å². The molecule has 2 rings (SSSR count). The van der Waals surface area contributed by atoms with Gasteiger partial charge in [-0.05, 0) is 44.4 Å². The predicted octanol–water partition coefficient (Wildman–Crippen LogP) is 1.33. The number of carbonyl (C=O) groups excluding carboxylic acids is 1. The average Bonchev–Trinajstić information content (AvgIpc) is 2.95. The number of amides is 1. The third-order valence-electron chi connectivity index (χ3n) is 4.52. The molecule has 2 aliphatic rings. The number of ether oxygens (including phenoxy) is 1. The molecular weight excluding hydrogens is 230 g/mol. The maximum Gasteiger partial charge on any atom is 0.220 e. The Morgan fingerprint density at radius 3 is 2.89 bits per heavy atom. The first-order valence-corrected chi connectivity index (χ1v) is 7.24. The molecule has 18 heavy (non-hydrogen) atoms. The molecule has 2 saturated carbocycles. The van der Waals surface area contributed by atoms with E-state index in [0.29, 0.717) is 37.4 Å². The summed E-state index contributed by atoms with van der Waals surface area (Å²) in [6.07, 6.45) is 4.95. The highest BCUT2D eigenvalue weighted by Gasteiger charge is 2.47. The minimum absolute atomic E-state index is 0.116. The van der Waals surface area contributed by atoms with E-state index in [1.54, 1.807) is 0 Å². The lowest BCUT2D eigenvalue weighted by Gasteiger charge is -2.30. The Hall–Kier alpha value is -0.610. The van der Waals surface area contributed by atoms with Crippen molar-refractivity contribution < 1.29 is 14.6 Å². The van der Waals surface area contributed by atoms with Crippen LogP contribution < -0.4 is 5.32 Å². The Bertz CT molecular complexity index is 282. The molecule has 0 aliphatic heterocycles. The van der Waals surface area contributed by atoms with Crippen LogP contribution in [0.3, 0.4) is 0 Å². The van der Waals surface area contributed by atoms with Gasteiger partial charge in [0.05, 0.1) is 0 Å². The van der Waals surface area contributed by atoms with E-state index in [0.717, 1.165) is 6.42 Å². The van der Waals surface area contributed by atoms with Crippen molar-refractivity contribution in [3.05, 3.63) is 0 Å². The highest BCUT2D eigenvalue weighted by Crippen LogP contribution is 2.48. The van der Waals surface area contributed by atoms with E-state index >= 15 is 0 Å². The fourth-order valence-corrected chi connectivity index (χ4v) is 3.64. The van der Waals surface area contributed by atoms with Gasteiger partial charge in [0, 0.05) is 38.2 Å². The Morgan fingerprint density at radius 2 is 2.17 bits per heavy atom. The fourth-order valence-electron chi connectivity index (χ4n) is 3.64. The smallest absolute Gasteiger partial charge is 0.220 e. The van der Waals surface area contributed by atoms with Gasteiger partial charge in [-0.25, -0.2) is 0 Å². The first kappa shape index (κ1) is 13.8. The van der Waals surface area contributed by atoms with Crippen LogP contribution in [0.1, 0.15) is 39.0 Å². The Labute approximate surface area is 109 Å². The van der Waals surface area contributed by atoms with E-state index in [1.807, 2.05) is 6.92 Å². The molecule has 4 unspecified atom stereocenters. The zero-order valence-corrected chi connectivity index (χ0v) is 11.2. The first-order valence-electron chi connectivity index (χ1n) is 7.24. The molecule has 104 valence electrons. The number of nitrogens with one attached hydrogen (secondary N) is 1. The van der Waals surface area contributed by atoms with Crippen LogP contribution in [-0.2, 0) is 9.53 Å². The third-order valence-corrected chi connectivity index (χ3v) is 4.52. The van der Waals surface area contributed by atoms with E-state index in [2.05, 4.69) is 5.32 Å². The van der Waals surface area contributed by atoms with Crippen LogP contribution in [0.4, 0.5) is 0 Å². The average molecular weight is 255 g/mol. The molecule has 4 atom stereocenters. The van der Waals surface area contributed by atoms with Crippen LogP contribution in [0.2, 0.25) is 0 Å². The van der Waals surface area contributed by atoms with Gasteiger partial charge in [-0.3, -0.25) is 4.79 Å². The van der Waals surface area contributed by atoms with E-state index in [1.165, 1.54) is 19.3 Å². The molecule has 1 amide bonds. The third kappa shape index (κ3) is 3.04. The van der Waals surface area contributed by atoms with Crippen molar-refractivity contribution in [1.29, 1.82) is 0 Å². The monoisotopic (exact) mass is 255 g/mol.